The van der Waals surface area contributed by atoms with Crippen LogP contribution in [0, 0.1) is 5.92 Å². The van der Waals surface area contributed by atoms with Crippen LogP contribution in [0.4, 0.5) is 0 Å². The lowest BCUT2D eigenvalue weighted by atomic mass is 9.84. The molecule has 1 aliphatic rings. The molecule has 0 aromatic heterocycles. The fourth-order valence-electron chi connectivity index (χ4n) is 2.09. The molecule has 2 N–H and O–H groups in total. The van der Waals surface area contributed by atoms with E-state index in [2.05, 4.69) is 17.7 Å². The molecular formula is C9H20N2. The summed E-state index contributed by atoms with van der Waals surface area (Å²) >= 11 is 0. The van der Waals surface area contributed by atoms with Gasteiger partial charge in [-0.1, -0.05) is 12.8 Å². The summed E-state index contributed by atoms with van der Waals surface area (Å²) in [4.78, 5) is 0. The molecule has 2 atom stereocenters. The number of hydrogen-bond acceptors (Lipinski definition) is 2. The minimum atomic E-state index is 0.760. The Balaban J connectivity index is 2.31. The van der Waals surface area contributed by atoms with Crippen LogP contribution in [0.25, 0.3) is 0 Å². The van der Waals surface area contributed by atoms with Gasteiger partial charge in [0.15, 0.2) is 0 Å². The van der Waals surface area contributed by atoms with Gasteiger partial charge in [-0.15, -0.1) is 0 Å². The van der Waals surface area contributed by atoms with Crippen molar-refractivity contribution in [3.8, 4) is 0 Å². The molecule has 0 aromatic rings. The summed E-state index contributed by atoms with van der Waals surface area (Å²) in [5.74, 6) is 0.860. The Kier molecular flexibility index (Phi) is 3.87. The first-order valence-electron chi connectivity index (χ1n) is 4.70. The molecule has 0 saturated heterocycles. The van der Waals surface area contributed by atoms with E-state index in [0.717, 1.165) is 12.0 Å². The molecule has 2 nitrogen and oxygen atoms in total. The van der Waals surface area contributed by atoms with Crippen molar-refractivity contribution in [3.05, 3.63) is 0 Å². The SMILES string of the molecule is CNCC1CCCC[C@H]1NC. The lowest BCUT2D eigenvalue weighted by Crippen LogP contribution is -2.40. The van der Waals surface area contributed by atoms with Crippen molar-refractivity contribution in [2.24, 2.45) is 5.92 Å². The van der Waals surface area contributed by atoms with Crippen LogP contribution in [0.15, 0.2) is 0 Å². The summed E-state index contributed by atoms with van der Waals surface area (Å²) in [6.45, 7) is 1.17. The first-order valence-corrected chi connectivity index (χ1v) is 4.70. The molecule has 0 heterocycles. The smallest absolute Gasteiger partial charge is 0.0104 e. The summed E-state index contributed by atoms with van der Waals surface area (Å²) in [5, 5.41) is 6.66. The van der Waals surface area contributed by atoms with Crippen molar-refractivity contribution in [2.75, 3.05) is 20.6 Å². The standard InChI is InChI=1S/C9H20N2/c1-10-7-8-5-3-4-6-9(8)11-2/h8-11H,3-7H2,1-2H3/t8?,9-/m1/s1. The minimum absolute atomic E-state index is 0.760. The van der Waals surface area contributed by atoms with E-state index in [-0.39, 0.29) is 0 Å². The van der Waals surface area contributed by atoms with Gasteiger partial charge in [0.25, 0.3) is 0 Å². The summed E-state index contributed by atoms with van der Waals surface area (Å²) in [7, 11) is 4.12. The monoisotopic (exact) mass is 156 g/mol. The third-order valence-electron chi connectivity index (χ3n) is 2.75. The van der Waals surface area contributed by atoms with E-state index in [0.29, 0.717) is 0 Å². The normalized spacial score (nSPS) is 32.2. The molecule has 0 spiro atoms. The van der Waals surface area contributed by atoms with Gasteiger partial charge >= 0.3 is 0 Å². The number of nitrogens with one attached hydrogen (secondary N) is 2. The fraction of sp³-hybridized carbons (Fsp3) is 1.00. The first kappa shape index (κ1) is 9.01. The van der Waals surface area contributed by atoms with Crippen molar-refractivity contribution in [3.63, 3.8) is 0 Å². The fourth-order valence-corrected chi connectivity index (χ4v) is 2.09. The maximum atomic E-state index is 3.40. The molecule has 66 valence electrons. The van der Waals surface area contributed by atoms with Crippen LogP contribution in [-0.2, 0) is 0 Å². The van der Waals surface area contributed by atoms with Crippen LogP contribution >= 0.6 is 0 Å². The van der Waals surface area contributed by atoms with Crippen LogP contribution in [0.5, 0.6) is 0 Å². The van der Waals surface area contributed by atoms with Gasteiger partial charge in [-0.25, -0.2) is 0 Å². The van der Waals surface area contributed by atoms with E-state index in [9.17, 15) is 0 Å². The lowest BCUT2D eigenvalue weighted by molar-refractivity contribution is 0.270. The van der Waals surface area contributed by atoms with Gasteiger partial charge in [0, 0.05) is 6.04 Å². The first-order chi connectivity index (χ1) is 5.38. The summed E-state index contributed by atoms with van der Waals surface area (Å²) in [6.07, 6.45) is 5.59. The molecule has 2 heteroatoms. The maximum Gasteiger partial charge on any atom is 0.0104 e. The molecule has 1 unspecified atom stereocenters. The molecule has 0 bridgehead atoms. The molecule has 11 heavy (non-hydrogen) atoms. The van der Waals surface area contributed by atoms with E-state index in [4.69, 9.17) is 0 Å². The summed E-state index contributed by atoms with van der Waals surface area (Å²) in [6, 6.07) is 0.760. The Morgan fingerprint density at radius 1 is 1.18 bits per heavy atom. The lowest BCUT2D eigenvalue weighted by Gasteiger charge is -2.31. The molecule has 1 fully saturated rings. The molecule has 1 rings (SSSR count). The quantitative estimate of drug-likeness (QED) is 0.636. The second-order valence-corrected chi connectivity index (χ2v) is 3.50. The Morgan fingerprint density at radius 2 is 1.91 bits per heavy atom. The van der Waals surface area contributed by atoms with Crippen LogP contribution < -0.4 is 10.6 Å². The van der Waals surface area contributed by atoms with Gasteiger partial charge in [-0.2, -0.15) is 0 Å². The van der Waals surface area contributed by atoms with Gasteiger partial charge in [-0.05, 0) is 39.4 Å². The highest BCUT2D eigenvalue weighted by atomic mass is 14.9. The van der Waals surface area contributed by atoms with Crippen molar-refractivity contribution in [2.45, 2.75) is 31.7 Å². The molecule has 0 aromatic carbocycles. The third-order valence-corrected chi connectivity index (χ3v) is 2.75. The van der Waals surface area contributed by atoms with Crippen molar-refractivity contribution in [1.29, 1.82) is 0 Å². The van der Waals surface area contributed by atoms with Crippen LogP contribution in [0.1, 0.15) is 25.7 Å². The Hall–Kier alpha value is -0.0800. The van der Waals surface area contributed by atoms with E-state index in [1.807, 2.05) is 7.05 Å². The van der Waals surface area contributed by atoms with E-state index >= 15 is 0 Å². The third kappa shape index (κ3) is 2.46. The van der Waals surface area contributed by atoms with Crippen molar-refractivity contribution < 1.29 is 0 Å². The predicted octanol–water partition coefficient (Wildman–Crippen LogP) is 0.984. The van der Waals surface area contributed by atoms with Gasteiger partial charge in [0.05, 0.1) is 0 Å². The second-order valence-electron chi connectivity index (χ2n) is 3.50. The largest absolute Gasteiger partial charge is 0.319 e. The Labute approximate surface area is 69.8 Å². The molecule has 0 radical (unpaired) electrons. The summed E-state index contributed by atoms with van der Waals surface area (Å²) in [5.41, 5.74) is 0. The van der Waals surface area contributed by atoms with Crippen molar-refractivity contribution in [1.82, 2.24) is 10.6 Å². The molecule has 0 aliphatic heterocycles. The zero-order chi connectivity index (χ0) is 8.10. The average Bonchev–Trinajstić information content (AvgIpc) is 2.06. The number of rotatable bonds is 3. The van der Waals surface area contributed by atoms with Crippen molar-refractivity contribution >= 4 is 0 Å². The van der Waals surface area contributed by atoms with Gasteiger partial charge < -0.3 is 10.6 Å². The van der Waals surface area contributed by atoms with E-state index in [1.54, 1.807) is 0 Å². The molecular weight excluding hydrogens is 136 g/mol. The number of hydrogen-bond donors (Lipinski definition) is 2. The van der Waals surface area contributed by atoms with Gasteiger partial charge in [0.2, 0.25) is 0 Å². The van der Waals surface area contributed by atoms with Gasteiger partial charge in [-0.3, -0.25) is 0 Å². The highest BCUT2D eigenvalue weighted by Crippen LogP contribution is 2.23. The molecule has 1 saturated carbocycles. The Bertz CT molecular complexity index is 102. The molecule has 0 amide bonds. The van der Waals surface area contributed by atoms with Crippen LogP contribution in [0.3, 0.4) is 0 Å². The predicted molar refractivity (Wildman–Crippen MR) is 48.7 cm³/mol. The highest BCUT2D eigenvalue weighted by molar-refractivity contribution is 4.80. The zero-order valence-corrected chi connectivity index (χ0v) is 7.69. The Morgan fingerprint density at radius 3 is 2.55 bits per heavy atom. The zero-order valence-electron chi connectivity index (χ0n) is 7.69. The van der Waals surface area contributed by atoms with E-state index < -0.39 is 0 Å². The van der Waals surface area contributed by atoms with Crippen LogP contribution in [0.2, 0.25) is 0 Å². The molecule has 1 aliphatic carbocycles. The highest BCUT2D eigenvalue weighted by Gasteiger charge is 2.22. The van der Waals surface area contributed by atoms with Gasteiger partial charge in [0.1, 0.15) is 0 Å². The second kappa shape index (κ2) is 4.73. The maximum absolute atomic E-state index is 3.40. The minimum Gasteiger partial charge on any atom is -0.319 e. The van der Waals surface area contributed by atoms with Crippen LogP contribution in [-0.4, -0.2) is 26.7 Å². The van der Waals surface area contributed by atoms with E-state index in [1.165, 1.54) is 32.2 Å². The summed E-state index contributed by atoms with van der Waals surface area (Å²) < 4.78 is 0. The topological polar surface area (TPSA) is 24.1 Å². The average molecular weight is 156 g/mol.